The van der Waals surface area contributed by atoms with Crippen molar-refractivity contribution in [2.75, 3.05) is 31.3 Å². The molecule has 0 aromatic rings. The van der Waals surface area contributed by atoms with E-state index >= 15 is 0 Å². The normalized spacial score (nSPS) is 16.3. The number of nitrogens with zero attached hydrogens (tertiary/aromatic N) is 1. The number of nitrogens with one attached hydrogen (secondary N) is 2. The van der Waals surface area contributed by atoms with E-state index in [0.717, 1.165) is 38.2 Å². The molecule has 1 aliphatic heterocycles. The van der Waals surface area contributed by atoms with Crippen LogP contribution in [0.2, 0.25) is 0 Å². The molecular weight excluding hydrogens is 314 g/mol. The number of unbranched alkanes of at least 4 members (excludes halogenated alkanes) is 1. The van der Waals surface area contributed by atoms with Crippen molar-refractivity contribution in [2.24, 2.45) is 0 Å². The summed E-state index contributed by atoms with van der Waals surface area (Å²) in [5, 5.41) is 6.03. The minimum absolute atomic E-state index is 0.00399. The first kappa shape index (κ1) is 20.1. The van der Waals surface area contributed by atoms with E-state index in [1.165, 1.54) is 0 Å². The van der Waals surface area contributed by atoms with E-state index in [0.29, 0.717) is 12.3 Å². The Hall–Kier alpha value is -0.950. The first-order chi connectivity index (χ1) is 10.8. The molecule has 0 spiro atoms. The van der Waals surface area contributed by atoms with Gasteiger partial charge in [-0.25, -0.2) is 4.79 Å². The Bertz CT molecular complexity index is 379. The van der Waals surface area contributed by atoms with E-state index < -0.39 is 17.7 Å². The average molecular weight is 346 g/mol. The van der Waals surface area contributed by atoms with Gasteiger partial charge in [0.2, 0.25) is 5.91 Å². The fourth-order valence-corrected chi connectivity index (χ4v) is 3.25. The number of alkyl carbamates (subject to hydrolysis) is 1. The Balaban J connectivity index is 2.52. The van der Waals surface area contributed by atoms with Crippen molar-refractivity contribution in [3.8, 4) is 0 Å². The number of carbonyl (C=O) groups is 2. The Kier molecular flexibility index (Phi) is 8.76. The molecule has 6 nitrogen and oxygen atoms in total. The second-order valence-electron chi connectivity index (χ2n) is 6.69. The first-order valence-corrected chi connectivity index (χ1v) is 9.55. The van der Waals surface area contributed by atoms with Gasteiger partial charge in [0, 0.05) is 12.3 Å². The Morgan fingerprint density at radius 2 is 2.04 bits per heavy atom. The van der Waals surface area contributed by atoms with E-state index in [-0.39, 0.29) is 5.91 Å². The summed E-state index contributed by atoms with van der Waals surface area (Å²) in [4.78, 5) is 26.4. The molecule has 1 aliphatic rings. The van der Waals surface area contributed by atoms with Crippen LogP contribution in [-0.2, 0) is 9.53 Å². The van der Waals surface area contributed by atoms with Gasteiger partial charge in [-0.05, 0) is 53.1 Å². The number of carbonyl (C=O) groups excluding carboxylic acids is 2. The van der Waals surface area contributed by atoms with Crippen LogP contribution < -0.4 is 10.6 Å². The molecular formula is C16H31N3O3S. The predicted octanol–water partition coefficient (Wildman–Crippen LogP) is 2.19. The van der Waals surface area contributed by atoms with E-state index in [1.807, 2.05) is 25.7 Å². The summed E-state index contributed by atoms with van der Waals surface area (Å²) in [5.74, 6) is 1.68. The number of hydrogen-bond acceptors (Lipinski definition) is 5. The summed E-state index contributed by atoms with van der Waals surface area (Å²) in [5.41, 5.74) is -0.563. The van der Waals surface area contributed by atoms with Crippen molar-refractivity contribution in [1.82, 2.24) is 15.5 Å². The molecule has 2 amide bonds. The average Bonchev–Trinajstić information content (AvgIpc) is 2.97. The van der Waals surface area contributed by atoms with E-state index in [2.05, 4.69) is 17.6 Å². The number of rotatable bonds is 8. The minimum atomic E-state index is -0.563. The molecule has 1 fully saturated rings. The smallest absolute Gasteiger partial charge is 0.408 e. The summed E-state index contributed by atoms with van der Waals surface area (Å²) in [6, 6.07) is -0.495. The van der Waals surface area contributed by atoms with Crippen molar-refractivity contribution >= 4 is 23.8 Å². The molecule has 7 heteroatoms. The van der Waals surface area contributed by atoms with Crippen molar-refractivity contribution in [2.45, 2.75) is 58.6 Å². The maximum Gasteiger partial charge on any atom is 0.408 e. The maximum absolute atomic E-state index is 12.6. The molecule has 0 saturated carbocycles. The van der Waals surface area contributed by atoms with E-state index in [9.17, 15) is 9.59 Å². The highest BCUT2D eigenvalue weighted by atomic mass is 32.2. The molecule has 1 saturated heterocycles. The SMILES string of the molecule is CCNCCCC[C@H](NC(=O)OC(C)(C)C)C(=O)N1CCSC1. The van der Waals surface area contributed by atoms with Crippen molar-refractivity contribution in [3.63, 3.8) is 0 Å². The van der Waals surface area contributed by atoms with Gasteiger partial charge >= 0.3 is 6.09 Å². The lowest BCUT2D eigenvalue weighted by Gasteiger charge is -2.26. The van der Waals surface area contributed by atoms with Gasteiger partial charge in [0.1, 0.15) is 11.6 Å². The summed E-state index contributed by atoms with van der Waals surface area (Å²) in [6.45, 7) is 10.2. The molecule has 0 unspecified atom stereocenters. The monoisotopic (exact) mass is 345 g/mol. The predicted molar refractivity (Wildman–Crippen MR) is 94.6 cm³/mol. The Labute approximate surface area is 144 Å². The fourth-order valence-electron chi connectivity index (χ4n) is 2.29. The molecule has 1 heterocycles. The summed E-state index contributed by atoms with van der Waals surface area (Å²) < 4.78 is 5.29. The third kappa shape index (κ3) is 8.46. The summed E-state index contributed by atoms with van der Waals surface area (Å²) in [7, 11) is 0. The molecule has 0 radical (unpaired) electrons. The van der Waals surface area contributed by atoms with Crippen LogP contribution in [0.25, 0.3) is 0 Å². The van der Waals surface area contributed by atoms with Gasteiger partial charge < -0.3 is 20.3 Å². The molecule has 2 N–H and O–H groups in total. The van der Waals surface area contributed by atoms with Crippen LogP contribution >= 0.6 is 11.8 Å². The zero-order chi connectivity index (χ0) is 17.3. The summed E-state index contributed by atoms with van der Waals surface area (Å²) in [6.07, 6.45) is 2.00. The minimum Gasteiger partial charge on any atom is -0.444 e. The Morgan fingerprint density at radius 1 is 1.30 bits per heavy atom. The second-order valence-corrected chi connectivity index (χ2v) is 7.76. The molecule has 0 aromatic heterocycles. The van der Waals surface area contributed by atoms with Gasteiger partial charge in [-0.15, -0.1) is 11.8 Å². The maximum atomic E-state index is 12.6. The number of thioether (sulfide) groups is 1. The zero-order valence-electron chi connectivity index (χ0n) is 14.8. The third-order valence-electron chi connectivity index (χ3n) is 3.40. The third-order valence-corrected chi connectivity index (χ3v) is 4.37. The first-order valence-electron chi connectivity index (χ1n) is 8.40. The summed E-state index contributed by atoms with van der Waals surface area (Å²) >= 11 is 1.74. The van der Waals surface area contributed by atoms with Gasteiger partial charge in [0.15, 0.2) is 0 Å². The molecule has 1 rings (SSSR count). The van der Waals surface area contributed by atoms with Crippen LogP contribution in [0.15, 0.2) is 0 Å². The fraction of sp³-hybridized carbons (Fsp3) is 0.875. The van der Waals surface area contributed by atoms with Gasteiger partial charge in [0.05, 0.1) is 5.88 Å². The molecule has 0 aliphatic carbocycles. The van der Waals surface area contributed by atoms with Crippen molar-refractivity contribution in [3.05, 3.63) is 0 Å². The topological polar surface area (TPSA) is 70.7 Å². The lowest BCUT2D eigenvalue weighted by atomic mass is 10.1. The van der Waals surface area contributed by atoms with Gasteiger partial charge in [0.25, 0.3) is 0 Å². The number of ether oxygens (including phenoxy) is 1. The highest BCUT2D eigenvalue weighted by Gasteiger charge is 2.29. The van der Waals surface area contributed by atoms with Crippen molar-refractivity contribution in [1.29, 1.82) is 0 Å². The lowest BCUT2D eigenvalue weighted by Crippen LogP contribution is -2.49. The second kappa shape index (κ2) is 10.0. The standard InChI is InChI=1S/C16H31N3O3S/c1-5-17-9-7-6-8-13(14(20)19-10-11-23-12-19)18-15(21)22-16(2,3)4/h13,17H,5-12H2,1-4H3,(H,18,21)/t13-/m0/s1. The van der Waals surface area contributed by atoms with Crippen LogP contribution in [0.4, 0.5) is 4.79 Å². The number of hydrogen-bond donors (Lipinski definition) is 2. The molecule has 134 valence electrons. The molecule has 1 atom stereocenters. The largest absolute Gasteiger partial charge is 0.444 e. The zero-order valence-corrected chi connectivity index (χ0v) is 15.6. The number of amides is 2. The van der Waals surface area contributed by atoms with Crippen LogP contribution in [0.1, 0.15) is 47.0 Å². The van der Waals surface area contributed by atoms with Gasteiger partial charge in [-0.3, -0.25) is 4.79 Å². The van der Waals surface area contributed by atoms with Crippen LogP contribution in [0.3, 0.4) is 0 Å². The van der Waals surface area contributed by atoms with Gasteiger partial charge in [-0.1, -0.05) is 6.92 Å². The Morgan fingerprint density at radius 3 is 2.61 bits per heavy atom. The van der Waals surface area contributed by atoms with Crippen LogP contribution in [0.5, 0.6) is 0 Å². The van der Waals surface area contributed by atoms with Gasteiger partial charge in [-0.2, -0.15) is 0 Å². The highest BCUT2D eigenvalue weighted by molar-refractivity contribution is 7.99. The quantitative estimate of drug-likeness (QED) is 0.660. The lowest BCUT2D eigenvalue weighted by molar-refractivity contribution is -0.132. The highest BCUT2D eigenvalue weighted by Crippen LogP contribution is 2.16. The molecule has 0 aromatic carbocycles. The van der Waals surface area contributed by atoms with Crippen LogP contribution in [-0.4, -0.2) is 59.8 Å². The van der Waals surface area contributed by atoms with E-state index in [4.69, 9.17) is 4.74 Å². The molecule has 23 heavy (non-hydrogen) atoms. The molecule has 0 bridgehead atoms. The van der Waals surface area contributed by atoms with Crippen molar-refractivity contribution < 1.29 is 14.3 Å². The van der Waals surface area contributed by atoms with E-state index in [1.54, 1.807) is 11.8 Å². The van der Waals surface area contributed by atoms with Crippen LogP contribution in [0, 0.1) is 0 Å².